The van der Waals surface area contributed by atoms with Gasteiger partial charge in [0.1, 0.15) is 5.75 Å². The van der Waals surface area contributed by atoms with Crippen LogP contribution in [0.3, 0.4) is 0 Å². The smallest absolute Gasteiger partial charge is 0.410 e. The summed E-state index contributed by atoms with van der Waals surface area (Å²) in [4.78, 5) is 12.4. The fourth-order valence-corrected chi connectivity index (χ4v) is 8.94. The molecule has 4 nitrogen and oxygen atoms in total. The van der Waals surface area contributed by atoms with E-state index in [9.17, 15) is 4.79 Å². The van der Waals surface area contributed by atoms with Gasteiger partial charge in [-0.1, -0.05) is 113 Å². The molecule has 0 radical (unpaired) electrons. The van der Waals surface area contributed by atoms with E-state index in [0.29, 0.717) is 18.9 Å². The lowest BCUT2D eigenvalue weighted by molar-refractivity contribution is 0.157. The first kappa shape index (κ1) is 25.7. The van der Waals surface area contributed by atoms with Gasteiger partial charge in [-0.3, -0.25) is 0 Å². The highest BCUT2D eigenvalue weighted by atomic mass is 28.4. The Hall–Kier alpha value is -2.89. The highest BCUT2D eigenvalue weighted by Crippen LogP contribution is 2.37. The Balaban J connectivity index is 1.77. The van der Waals surface area contributed by atoms with Crippen LogP contribution >= 0.6 is 0 Å². The molecule has 0 aliphatic rings. The molecule has 180 valence electrons. The largest absolute Gasteiger partial charge is 0.412 e. The van der Waals surface area contributed by atoms with Crippen LogP contribution in [0, 0.1) is 12.3 Å². The van der Waals surface area contributed by atoms with Crippen LogP contribution < -0.4 is 20.4 Å². The molecule has 0 aliphatic carbocycles. The summed E-state index contributed by atoms with van der Waals surface area (Å²) in [5.41, 5.74) is 0.827. The standard InChI is InChI=1S/C29H37NO3Si/c1-23-17-19-24(20-18-23)33-27(31)30-21-29(5,6)22-32-34(28(2,3)4,25-13-9-7-10-14-25)26-15-11-8-12-16-26/h7-20H,21-22H2,1-6H3,(H,30,31). The minimum absolute atomic E-state index is 0.0937. The summed E-state index contributed by atoms with van der Waals surface area (Å²) in [7, 11) is -2.63. The number of carbonyl (C=O) groups excluding carboxylic acids is 1. The second-order valence-electron chi connectivity index (χ2n) is 10.7. The molecule has 0 aliphatic heterocycles. The predicted octanol–water partition coefficient (Wildman–Crippen LogP) is 5.69. The molecule has 0 atom stereocenters. The number of carbonyl (C=O) groups is 1. The van der Waals surface area contributed by atoms with Gasteiger partial charge in [0.2, 0.25) is 0 Å². The van der Waals surface area contributed by atoms with Crippen LogP contribution in [0.15, 0.2) is 84.9 Å². The first-order chi connectivity index (χ1) is 16.0. The monoisotopic (exact) mass is 475 g/mol. The Kier molecular flexibility index (Phi) is 8.00. The first-order valence-electron chi connectivity index (χ1n) is 11.8. The maximum atomic E-state index is 12.4. The summed E-state index contributed by atoms with van der Waals surface area (Å²) < 4.78 is 12.5. The maximum Gasteiger partial charge on any atom is 0.412 e. The molecule has 0 spiro atoms. The van der Waals surface area contributed by atoms with Crippen molar-refractivity contribution in [2.45, 2.75) is 46.6 Å². The Morgan fingerprint density at radius 1 is 0.794 bits per heavy atom. The number of benzene rings is 3. The average Bonchev–Trinajstić information content (AvgIpc) is 2.80. The van der Waals surface area contributed by atoms with Gasteiger partial charge in [0.05, 0.1) is 0 Å². The SMILES string of the molecule is Cc1ccc(OC(=O)NCC(C)(C)CO[Si](c2ccccc2)(c2ccccc2)C(C)(C)C)cc1. The second-order valence-corrected chi connectivity index (χ2v) is 15.0. The molecule has 0 unspecified atom stereocenters. The Bertz CT molecular complexity index is 1020. The lowest BCUT2D eigenvalue weighted by Crippen LogP contribution is -2.67. The van der Waals surface area contributed by atoms with E-state index in [1.165, 1.54) is 10.4 Å². The number of hydrogen-bond acceptors (Lipinski definition) is 3. The normalized spacial score (nSPS) is 12.3. The highest BCUT2D eigenvalue weighted by Gasteiger charge is 2.50. The molecule has 0 heterocycles. The van der Waals surface area contributed by atoms with Crippen LogP contribution in [0.1, 0.15) is 40.2 Å². The zero-order valence-corrected chi connectivity index (χ0v) is 22.2. The number of rotatable bonds is 8. The minimum Gasteiger partial charge on any atom is -0.410 e. The van der Waals surface area contributed by atoms with Crippen LogP contribution in [0.5, 0.6) is 5.75 Å². The number of amides is 1. The molecule has 3 rings (SSSR count). The van der Waals surface area contributed by atoms with Gasteiger partial charge in [-0.25, -0.2) is 4.79 Å². The Labute approximate surface area is 205 Å². The average molecular weight is 476 g/mol. The summed E-state index contributed by atoms with van der Waals surface area (Å²) in [6.07, 6.45) is -0.456. The number of nitrogens with one attached hydrogen (secondary N) is 1. The molecule has 3 aromatic carbocycles. The number of aryl methyl sites for hydroxylation is 1. The van der Waals surface area contributed by atoms with E-state index in [4.69, 9.17) is 9.16 Å². The number of hydrogen-bond donors (Lipinski definition) is 1. The molecule has 3 aromatic rings. The van der Waals surface area contributed by atoms with Crippen LogP contribution in [0.2, 0.25) is 5.04 Å². The van der Waals surface area contributed by atoms with Crippen LogP contribution in [0.25, 0.3) is 0 Å². The molecule has 0 saturated carbocycles. The summed E-state index contributed by atoms with van der Waals surface area (Å²) in [5, 5.41) is 5.31. The van der Waals surface area contributed by atoms with Crippen molar-refractivity contribution in [3.05, 3.63) is 90.5 Å². The van der Waals surface area contributed by atoms with Crippen molar-refractivity contribution < 1.29 is 14.0 Å². The molecule has 0 aromatic heterocycles. The topological polar surface area (TPSA) is 47.6 Å². The van der Waals surface area contributed by atoms with E-state index < -0.39 is 14.4 Å². The van der Waals surface area contributed by atoms with E-state index in [1.54, 1.807) is 12.1 Å². The molecule has 1 N–H and O–H groups in total. The van der Waals surface area contributed by atoms with Gasteiger partial charge in [-0.05, 0) is 34.5 Å². The molecule has 0 fully saturated rings. The van der Waals surface area contributed by atoms with Gasteiger partial charge >= 0.3 is 6.09 Å². The van der Waals surface area contributed by atoms with Crippen LogP contribution in [-0.4, -0.2) is 27.6 Å². The third-order valence-electron chi connectivity index (χ3n) is 6.04. The van der Waals surface area contributed by atoms with Gasteiger partial charge in [0, 0.05) is 18.6 Å². The molecule has 1 amide bonds. The van der Waals surface area contributed by atoms with Crippen molar-refractivity contribution in [3.8, 4) is 5.75 Å². The lowest BCUT2D eigenvalue weighted by Gasteiger charge is -2.44. The van der Waals surface area contributed by atoms with Gasteiger partial charge in [-0.2, -0.15) is 0 Å². The van der Waals surface area contributed by atoms with Crippen molar-refractivity contribution in [2.75, 3.05) is 13.2 Å². The van der Waals surface area contributed by atoms with Gasteiger partial charge in [0.25, 0.3) is 8.32 Å². The van der Waals surface area contributed by atoms with Crippen molar-refractivity contribution in [1.29, 1.82) is 0 Å². The van der Waals surface area contributed by atoms with Crippen LogP contribution in [0.4, 0.5) is 4.79 Å². The highest BCUT2D eigenvalue weighted by molar-refractivity contribution is 6.99. The summed E-state index contributed by atoms with van der Waals surface area (Å²) in [6, 6.07) is 28.6. The minimum atomic E-state index is -2.63. The summed E-state index contributed by atoms with van der Waals surface area (Å²) >= 11 is 0. The van der Waals surface area contributed by atoms with E-state index in [1.807, 2.05) is 31.2 Å². The van der Waals surface area contributed by atoms with Gasteiger partial charge in [0.15, 0.2) is 0 Å². The van der Waals surface area contributed by atoms with E-state index in [-0.39, 0.29) is 10.5 Å². The Morgan fingerprint density at radius 3 is 1.76 bits per heavy atom. The molecule has 0 saturated heterocycles. The molecular formula is C29H37NO3Si. The molecule has 0 bridgehead atoms. The quantitative estimate of drug-likeness (QED) is 0.426. The first-order valence-corrected chi connectivity index (χ1v) is 13.7. The summed E-state index contributed by atoms with van der Waals surface area (Å²) in [5.74, 6) is 0.532. The maximum absolute atomic E-state index is 12.4. The molecular weight excluding hydrogens is 438 g/mol. The third-order valence-corrected chi connectivity index (χ3v) is 11.0. The predicted molar refractivity (Wildman–Crippen MR) is 143 cm³/mol. The zero-order valence-electron chi connectivity index (χ0n) is 21.2. The fraction of sp³-hybridized carbons (Fsp3) is 0.345. The van der Waals surface area contributed by atoms with Crippen molar-refractivity contribution in [2.24, 2.45) is 5.41 Å². The lowest BCUT2D eigenvalue weighted by atomic mass is 9.95. The van der Waals surface area contributed by atoms with Gasteiger partial charge < -0.3 is 14.5 Å². The Morgan fingerprint density at radius 2 is 1.29 bits per heavy atom. The second kappa shape index (κ2) is 10.6. The zero-order chi connectivity index (χ0) is 24.8. The van der Waals surface area contributed by atoms with Gasteiger partial charge in [-0.15, -0.1) is 0 Å². The van der Waals surface area contributed by atoms with E-state index in [2.05, 4.69) is 88.5 Å². The van der Waals surface area contributed by atoms with Crippen molar-refractivity contribution >= 4 is 24.8 Å². The van der Waals surface area contributed by atoms with Crippen molar-refractivity contribution in [3.63, 3.8) is 0 Å². The molecule has 5 heteroatoms. The van der Waals surface area contributed by atoms with E-state index in [0.717, 1.165) is 5.56 Å². The number of ether oxygens (including phenoxy) is 1. The third kappa shape index (κ3) is 6.16. The summed E-state index contributed by atoms with van der Waals surface area (Å²) in [6.45, 7) is 14.0. The fourth-order valence-electron chi connectivity index (χ4n) is 4.18. The van der Waals surface area contributed by atoms with Crippen LogP contribution in [-0.2, 0) is 4.43 Å². The molecule has 34 heavy (non-hydrogen) atoms. The van der Waals surface area contributed by atoms with E-state index >= 15 is 0 Å². The van der Waals surface area contributed by atoms with Crippen molar-refractivity contribution in [1.82, 2.24) is 5.32 Å².